The van der Waals surface area contributed by atoms with E-state index in [0.717, 1.165) is 0 Å². The molecule has 0 saturated carbocycles. The molecular formula is C13H20N2O3. The van der Waals surface area contributed by atoms with E-state index in [0.29, 0.717) is 23.6 Å². The van der Waals surface area contributed by atoms with E-state index in [1.54, 1.807) is 0 Å². The zero-order chi connectivity index (χ0) is 13.7. The van der Waals surface area contributed by atoms with Gasteiger partial charge in [0.25, 0.3) is 5.91 Å². The SMILES string of the molecule is CC(=O)c1c[nH]c(C(=O)NC(CO)CC(C)C)c1. The molecule has 5 nitrogen and oxygen atoms in total. The molecule has 1 rings (SSSR count). The second-order valence-corrected chi connectivity index (χ2v) is 4.84. The van der Waals surface area contributed by atoms with Crippen molar-refractivity contribution in [2.45, 2.75) is 33.2 Å². The Labute approximate surface area is 107 Å². The summed E-state index contributed by atoms with van der Waals surface area (Å²) in [6.07, 6.45) is 2.22. The molecule has 0 bridgehead atoms. The quantitative estimate of drug-likeness (QED) is 0.668. The summed E-state index contributed by atoms with van der Waals surface area (Å²) >= 11 is 0. The van der Waals surface area contributed by atoms with Crippen LogP contribution in [0.25, 0.3) is 0 Å². The van der Waals surface area contributed by atoms with Crippen LogP contribution in [-0.4, -0.2) is 34.4 Å². The number of aromatic amines is 1. The molecule has 0 aromatic carbocycles. The molecule has 1 heterocycles. The van der Waals surface area contributed by atoms with E-state index in [4.69, 9.17) is 0 Å². The summed E-state index contributed by atoms with van der Waals surface area (Å²) < 4.78 is 0. The van der Waals surface area contributed by atoms with Crippen LogP contribution in [0.15, 0.2) is 12.3 Å². The van der Waals surface area contributed by atoms with E-state index in [1.807, 2.05) is 13.8 Å². The molecule has 0 aliphatic carbocycles. The number of carbonyl (C=O) groups excluding carboxylic acids is 2. The second kappa shape index (κ2) is 6.35. The number of rotatable bonds is 6. The molecule has 1 unspecified atom stereocenters. The van der Waals surface area contributed by atoms with E-state index in [9.17, 15) is 14.7 Å². The number of hydrogen-bond acceptors (Lipinski definition) is 3. The lowest BCUT2D eigenvalue weighted by Gasteiger charge is -2.17. The van der Waals surface area contributed by atoms with E-state index in [2.05, 4.69) is 10.3 Å². The summed E-state index contributed by atoms with van der Waals surface area (Å²) in [6.45, 7) is 5.40. The van der Waals surface area contributed by atoms with Crippen molar-refractivity contribution in [2.75, 3.05) is 6.61 Å². The van der Waals surface area contributed by atoms with Crippen LogP contribution < -0.4 is 5.32 Å². The van der Waals surface area contributed by atoms with Gasteiger partial charge in [-0.1, -0.05) is 13.8 Å². The van der Waals surface area contributed by atoms with Crippen molar-refractivity contribution in [1.82, 2.24) is 10.3 Å². The molecule has 0 radical (unpaired) electrons. The highest BCUT2D eigenvalue weighted by atomic mass is 16.3. The molecular weight excluding hydrogens is 232 g/mol. The first-order valence-electron chi connectivity index (χ1n) is 6.05. The highest BCUT2D eigenvalue weighted by Crippen LogP contribution is 2.07. The van der Waals surface area contributed by atoms with Gasteiger partial charge in [0.2, 0.25) is 0 Å². The molecule has 1 aromatic rings. The van der Waals surface area contributed by atoms with E-state index in [1.165, 1.54) is 19.2 Å². The Morgan fingerprint density at radius 2 is 2.11 bits per heavy atom. The van der Waals surface area contributed by atoms with E-state index >= 15 is 0 Å². The van der Waals surface area contributed by atoms with Crippen LogP contribution in [0.3, 0.4) is 0 Å². The van der Waals surface area contributed by atoms with Crippen LogP contribution in [0.2, 0.25) is 0 Å². The van der Waals surface area contributed by atoms with Gasteiger partial charge in [0.05, 0.1) is 12.6 Å². The lowest BCUT2D eigenvalue weighted by Crippen LogP contribution is -2.38. The summed E-state index contributed by atoms with van der Waals surface area (Å²) in [5.74, 6) is -0.00717. The Kier molecular flexibility index (Phi) is 5.09. The summed E-state index contributed by atoms with van der Waals surface area (Å²) in [7, 11) is 0. The lowest BCUT2D eigenvalue weighted by atomic mass is 10.0. The smallest absolute Gasteiger partial charge is 0.268 e. The maximum absolute atomic E-state index is 11.9. The predicted molar refractivity (Wildman–Crippen MR) is 68.6 cm³/mol. The van der Waals surface area contributed by atoms with Gasteiger partial charge in [-0.25, -0.2) is 0 Å². The van der Waals surface area contributed by atoms with Gasteiger partial charge >= 0.3 is 0 Å². The average Bonchev–Trinajstić information content (AvgIpc) is 2.76. The fourth-order valence-electron chi connectivity index (χ4n) is 1.74. The van der Waals surface area contributed by atoms with Crippen LogP contribution >= 0.6 is 0 Å². The van der Waals surface area contributed by atoms with Crippen LogP contribution in [0, 0.1) is 5.92 Å². The van der Waals surface area contributed by atoms with Gasteiger partial charge in [0.15, 0.2) is 5.78 Å². The van der Waals surface area contributed by atoms with Crippen molar-refractivity contribution >= 4 is 11.7 Å². The van der Waals surface area contributed by atoms with Gasteiger partial charge in [-0.2, -0.15) is 0 Å². The Bertz CT molecular complexity index is 424. The van der Waals surface area contributed by atoms with Gasteiger partial charge in [-0.3, -0.25) is 9.59 Å². The summed E-state index contributed by atoms with van der Waals surface area (Å²) in [4.78, 5) is 25.7. The third-order valence-electron chi connectivity index (χ3n) is 2.65. The number of ketones is 1. The summed E-state index contributed by atoms with van der Waals surface area (Å²) in [6, 6.07) is 1.25. The minimum Gasteiger partial charge on any atom is -0.394 e. The van der Waals surface area contributed by atoms with Crippen molar-refractivity contribution in [3.8, 4) is 0 Å². The van der Waals surface area contributed by atoms with E-state index in [-0.39, 0.29) is 24.3 Å². The lowest BCUT2D eigenvalue weighted by molar-refractivity contribution is 0.0904. The largest absolute Gasteiger partial charge is 0.394 e. The third kappa shape index (κ3) is 4.00. The first-order chi connectivity index (χ1) is 8.43. The highest BCUT2D eigenvalue weighted by molar-refractivity contribution is 5.99. The fraction of sp³-hybridized carbons (Fsp3) is 0.538. The number of Topliss-reactive ketones (excluding diaryl/α,β-unsaturated/α-hetero) is 1. The summed E-state index contributed by atoms with van der Waals surface area (Å²) in [5.41, 5.74) is 0.812. The van der Waals surface area contributed by atoms with Crippen LogP contribution in [0.1, 0.15) is 48.0 Å². The molecule has 0 aliphatic heterocycles. The zero-order valence-corrected chi connectivity index (χ0v) is 11.0. The molecule has 0 aliphatic rings. The topological polar surface area (TPSA) is 82.2 Å². The fourth-order valence-corrected chi connectivity index (χ4v) is 1.74. The third-order valence-corrected chi connectivity index (χ3v) is 2.65. The Hall–Kier alpha value is -1.62. The van der Waals surface area contributed by atoms with Crippen molar-refractivity contribution in [3.63, 3.8) is 0 Å². The molecule has 0 fully saturated rings. The second-order valence-electron chi connectivity index (χ2n) is 4.84. The Morgan fingerprint density at radius 1 is 1.44 bits per heavy atom. The molecule has 1 amide bonds. The average molecular weight is 252 g/mol. The molecule has 0 spiro atoms. The monoisotopic (exact) mass is 252 g/mol. The maximum Gasteiger partial charge on any atom is 0.268 e. The van der Waals surface area contributed by atoms with Crippen molar-refractivity contribution in [2.24, 2.45) is 5.92 Å². The summed E-state index contributed by atoms with van der Waals surface area (Å²) in [5, 5.41) is 11.9. The maximum atomic E-state index is 11.9. The zero-order valence-electron chi connectivity index (χ0n) is 11.0. The minimum atomic E-state index is -0.304. The number of H-pyrrole nitrogens is 1. The van der Waals surface area contributed by atoms with Crippen LogP contribution in [-0.2, 0) is 0 Å². The normalized spacial score (nSPS) is 12.5. The van der Waals surface area contributed by atoms with Gasteiger partial charge in [-0.05, 0) is 25.3 Å². The molecule has 100 valence electrons. The van der Waals surface area contributed by atoms with Gasteiger partial charge in [0.1, 0.15) is 5.69 Å². The highest BCUT2D eigenvalue weighted by Gasteiger charge is 2.16. The first kappa shape index (κ1) is 14.4. The first-order valence-corrected chi connectivity index (χ1v) is 6.05. The minimum absolute atomic E-state index is 0.0915. The van der Waals surface area contributed by atoms with E-state index < -0.39 is 0 Å². The van der Waals surface area contributed by atoms with Crippen LogP contribution in [0.4, 0.5) is 0 Å². The number of aromatic nitrogens is 1. The Balaban J connectivity index is 2.65. The number of aliphatic hydroxyl groups excluding tert-OH is 1. The number of aliphatic hydroxyl groups is 1. The number of hydrogen-bond donors (Lipinski definition) is 3. The molecule has 3 N–H and O–H groups in total. The van der Waals surface area contributed by atoms with Gasteiger partial charge in [0, 0.05) is 11.8 Å². The van der Waals surface area contributed by atoms with Crippen LogP contribution in [0.5, 0.6) is 0 Å². The Morgan fingerprint density at radius 3 is 2.56 bits per heavy atom. The number of carbonyl (C=O) groups is 2. The van der Waals surface area contributed by atoms with Crippen molar-refractivity contribution in [3.05, 3.63) is 23.5 Å². The molecule has 1 aromatic heterocycles. The number of amides is 1. The standard InChI is InChI=1S/C13H20N2O3/c1-8(2)4-11(7-16)15-13(18)12-5-10(6-14-12)9(3)17/h5-6,8,11,14,16H,4,7H2,1-3H3,(H,15,18). The van der Waals surface area contributed by atoms with Gasteiger partial charge < -0.3 is 15.4 Å². The molecule has 0 saturated heterocycles. The molecule has 18 heavy (non-hydrogen) atoms. The van der Waals surface area contributed by atoms with Crippen molar-refractivity contribution < 1.29 is 14.7 Å². The molecule has 5 heteroatoms. The predicted octanol–water partition coefficient (Wildman–Crippen LogP) is 1.35. The van der Waals surface area contributed by atoms with Crippen molar-refractivity contribution in [1.29, 1.82) is 0 Å². The molecule has 1 atom stereocenters. The van der Waals surface area contributed by atoms with Gasteiger partial charge in [-0.15, -0.1) is 0 Å². The number of nitrogens with one attached hydrogen (secondary N) is 2.